The molecule has 1 aromatic heterocycles. The van der Waals surface area contributed by atoms with Crippen molar-refractivity contribution in [3.63, 3.8) is 0 Å². The lowest BCUT2D eigenvalue weighted by Crippen LogP contribution is -2.42. The Balaban J connectivity index is 1.29. The summed E-state index contributed by atoms with van der Waals surface area (Å²) in [5.74, 6) is 1.23. The molecule has 3 aromatic carbocycles. The van der Waals surface area contributed by atoms with Crippen LogP contribution in [0.2, 0.25) is 0 Å². The van der Waals surface area contributed by atoms with Gasteiger partial charge in [-0.2, -0.15) is 0 Å². The van der Waals surface area contributed by atoms with Gasteiger partial charge in [0.2, 0.25) is 11.7 Å². The number of fused-ring (bicyclic) bond motifs is 1. The van der Waals surface area contributed by atoms with Crippen LogP contribution >= 0.6 is 11.8 Å². The van der Waals surface area contributed by atoms with Gasteiger partial charge in [-0.1, -0.05) is 36.0 Å². The Bertz CT molecular complexity index is 1310. The van der Waals surface area contributed by atoms with Crippen LogP contribution in [0.3, 0.4) is 0 Å². The molecule has 4 aromatic rings. The first kappa shape index (κ1) is 24.9. The number of thioether (sulfide) groups is 1. The predicted octanol–water partition coefficient (Wildman–Crippen LogP) is 3.88. The summed E-state index contributed by atoms with van der Waals surface area (Å²) in [6.45, 7) is 0. The Morgan fingerprint density at radius 1 is 0.889 bits per heavy atom. The van der Waals surface area contributed by atoms with Gasteiger partial charge in [-0.25, -0.2) is 4.98 Å². The molecule has 0 unspecified atom stereocenters. The van der Waals surface area contributed by atoms with Crippen molar-refractivity contribution in [1.82, 2.24) is 20.8 Å². The largest absolute Gasteiger partial charge is 0.493 e. The molecule has 10 heteroatoms. The van der Waals surface area contributed by atoms with E-state index in [1.165, 1.54) is 21.3 Å². The molecule has 0 saturated heterocycles. The smallest absolute Gasteiger partial charge is 0.269 e. The first-order valence-corrected chi connectivity index (χ1v) is 12.0. The van der Waals surface area contributed by atoms with E-state index in [2.05, 4.69) is 20.8 Å². The van der Waals surface area contributed by atoms with Gasteiger partial charge in [0.05, 0.1) is 38.8 Å². The zero-order chi connectivity index (χ0) is 25.5. The van der Waals surface area contributed by atoms with Crippen LogP contribution in [0.25, 0.3) is 11.0 Å². The molecular formula is C26H26N4O5S. The number of hydrogen-bond donors (Lipinski definition) is 3. The van der Waals surface area contributed by atoms with Crippen LogP contribution in [-0.2, 0) is 17.0 Å². The summed E-state index contributed by atoms with van der Waals surface area (Å²) < 4.78 is 15.9. The highest BCUT2D eigenvalue weighted by Gasteiger charge is 2.15. The lowest BCUT2D eigenvalue weighted by molar-refractivity contribution is -0.121. The summed E-state index contributed by atoms with van der Waals surface area (Å²) in [5, 5.41) is 0.841. The molecule has 186 valence electrons. The van der Waals surface area contributed by atoms with Crippen molar-refractivity contribution >= 4 is 34.6 Å². The van der Waals surface area contributed by atoms with Gasteiger partial charge in [-0.3, -0.25) is 20.4 Å². The number of nitrogens with zero attached hydrogens (tertiary/aromatic N) is 1. The standard InChI is InChI=1S/C26H26N4O5S/c1-33-21-12-17(13-22(34-2)24(21)35-3)14-23(31)29-30-25(32)18-10-8-16(9-11-18)15-36-26-27-19-6-4-5-7-20(19)28-26/h4-13H,14-15H2,1-3H3,(H,27,28)(H,29,31)(H,30,32). The van der Waals surface area contributed by atoms with Crippen molar-refractivity contribution in [3.8, 4) is 17.2 Å². The second kappa shape index (κ2) is 11.5. The molecule has 36 heavy (non-hydrogen) atoms. The van der Waals surface area contributed by atoms with E-state index in [0.717, 1.165) is 21.8 Å². The fraction of sp³-hybridized carbons (Fsp3) is 0.192. The third-order valence-electron chi connectivity index (χ3n) is 5.36. The highest BCUT2D eigenvalue weighted by atomic mass is 32.2. The fourth-order valence-electron chi connectivity index (χ4n) is 3.57. The molecule has 0 saturated carbocycles. The number of nitrogens with one attached hydrogen (secondary N) is 3. The molecule has 2 amide bonds. The SMILES string of the molecule is COc1cc(CC(=O)NNC(=O)c2ccc(CSc3nc4ccccc4[nH]3)cc2)cc(OC)c1OC. The molecule has 1 heterocycles. The monoisotopic (exact) mass is 506 g/mol. The first-order chi connectivity index (χ1) is 17.5. The highest BCUT2D eigenvalue weighted by Crippen LogP contribution is 2.38. The van der Waals surface area contributed by atoms with Crippen molar-refractivity contribution in [2.24, 2.45) is 0 Å². The normalized spacial score (nSPS) is 10.6. The number of aromatic nitrogens is 2. The van der Waals surface area contributed by atoms with Gasteiger partial charge < -0.3 is 19.2 Å². The minimum atomic E-state index is -0.412. The highest BCUT2D eigenvalue weighted by molar-refractivity contribution is 7.98. The number of methoxy groups -OCH3 is 3. The van der Waals surface area contributed by atoms with Gasteiger partial charge in [-0.15, -0.1) is 0 Å². The minimum absolute atomic E-state index is 0.00887. The molecule has 4 rings (SSSR count). The van der Waals surface area contributed by atoms with E-state index in [1.807, 2.05) is 36.4 Å². The van der Waals surface area contributed by atoms with E-state index in [1.54, 1.807) is 36.0 Å². The molecule has 0 fully saturated rings. The molecule has 3 N–H and O–H groups in total. The Morgan fingerprint density at radius 2 is 1.58 bits per heavy atom. The fourth-order valence-corrected chi connectivity index (χ4v) is 4.41. The summed E-state index contributed by atoms with van der Waals surface area (Å²) in [7, 11) is 4.52. The maximum atomic E-state index is 12.5. The van der Waals surface area contributed by atoms with E-state index in [0.29, 0.717) is 34.1 Å². The lowest BCUT2D eigenvalue weighted by atomic mass is 10.1. The average molecular weight is 507 g/mol. The number of carbonyl (C=O) groups is 2. The molecule has 0 atom stereocenters. The van der Waals surface area contributed by atoms with Crippen LogP contribution in [0.15, 0.2) is 65.8 Å². The van der Waals surface area contributed by atoms with E-state index >= 15 is 0 Å². The summed E-state index contributed by atoms with van der Waals surface area (Å²) in [6, 6.07) is 18.4. The Hall–Kier alpha value is -4.18. The number of ether oxygens (including phenoxy) is 3. The number of H-pyrrole nitrogens is 1. The predicted molar refractivity (Wildman–Crippen MR) is 138 cm³/mol. The molecule has 0 radical (unpaired) electrons. The average Bonchev–Trinajstić information content (AvgIpc) is 3.33. The lowest BCUT2D eigenvalue weighted by Gasteiger charge is -2.14. The van der Waals surface area contributed by atoms with Gasteiger partial charge in [0.15, 0.2) is 16.7 Å². The Kier molecular flexibility index (Phi) is 7.96. The molecule has 0 aliphatic heterocycles. The number of hydrazine groups is 1. The number of imidazole rings is 1. The molecule has 0 spiro atoms. The molecule has 9 nitrogen and oxygen atoms in total. The van der Waals surface area contributed by atoms with E-state index < -0.39 is 11.8 Å². The maximum Gasteiger partial charge on any atom is 0.269 e. The topological polar surface area (TPSA) is 115 Å². The van der Waals surface area contributed by atoms with Gasteiger partial charge in [0.1, 0.15) is 0 Å². The van der Waals surface area contributed by atoms with E-state index in [9.17, 15) is 9.59 Å². The van der Waals surface area contributed by atoms with Crippen LogP contribution in [0, 0.1) is 0 Å². The van der Waals surface area contributed by atoms with E-state index in [-0.39, 0.29) is 6.42 Å². The number of rotatable bonds is 9. The Morgan fingerprint density at radius 3 is 2.22 bits per heavy atom. The number of amides is 2. The van der Waals surface area contributed by atoms with Crippen LogP contribution in [0.1, 0.15) is 21.5 Å². The molecule has 0 aliphatic rings. The molecule has 0 bridgehead atoms. The summed E-state index contributed by atoms with van der Waals surface area (Å²) in [6.07, 6.45) is 0.00887. The van der Waals surface area contributed by atoms with Crippen molar-refractivity contribution in [1.29, 1.82) is 0 Å². The number of benzene rings is 3. The van der Waals surface area contributed by atoms with Gasteiger partial charge in [0, 0.05) is 11.3 Å². The first-order valence-electron chi connectivity index (χ1n) is 11.0. The van der Waals surface area contributed by atoms with Gasteiger partial charge in [0.25, 0.3) is 5.91 Å². The number of aromatic amines is 1. The third-order valence-corrected chi connectivity index (χ3v) is 6.31. The van der Waals surface area contributed by atoms with Crippen molar-refractivity contribution in [3.05, 3.63) is 77.4 Å². The number of para-hydroxylation sites is 2. The third kappa shape index (κ3) is 5.89. The number of carbonyl (C=O) groups excluding carboxylic acids is 2. The van der Waals surface area contributed by atoms with Gasteiger partial charge >= 0.3 is 0 Å². The molecular weight excluding hydrogens is 480 g/mol. The zero-order valence-electron chi connectivity index (χ0n) is 20.1. The van der Waals surface area contributed by atoms with Crippen LogP contribution in [0.5, 0.6) is 17.2 Å². The Labute approximate surface area is 212 Å². The maximum absolute atomic E-state index is 12.5. The second-order valence-electron chi connectivity index (χ2n) is 7.76. The van der Waals surface area contributed by atoms with Crippen LogP contribution < -0.4 is 25.1 Å². The van der Waals surface area contributed by atoms with Crippen LogP contribution in [0.4, 0.5) is 0 Å². The zero-order valence-corrected chi connectivity index (χ0v) is 20.9. The quantitative estimate of drug-likeness (QED) is 0.233. The number of hydrogen-bond acceptors (Lipinski definition) is 7. The van der Waals surface area contributed by atoms with Crippen LogP contribution in [-0.4, -0.2) is 43.1 Å². The van der Waals surface area contributed by atoms with Crippen molar-refractivity contribution in [2.45, 2.75) is 17.3 Å². The van der Waals surface area contributed by atoms with Crippen molar-refractivity contribution < 1.29 is 23.8 Å². The second-order valence-corrected chi connectivity index (χ2v) is 8.72. The van der Waals surface area contributed by atoms with E-state index in [4.69, 9.17) is 14.2 Å². The minimum Gasteiger partial charge on any atom is -0.493 e. The molecule has 0 aliphatic carbocycles. The summed E-state index contributed by atoms with van der Waals surface area (Å²) >= 11 is 1.59. The summed E-state index contributed by atoms with van der Waals surface area (Å²) in [5.41, 5.74) is 8.93. The van der Waals surface area contributed by atoms with Crippen molar-refractivity contribution in [2.75, 3.05) is 21.3 Å². The van der Waals surface area contributed by atoms with Gasteiger partial charge in [-0.05, 0) is 47.5 Å². The summed E-state index contributed by atoms with van der Waals surface area (Å²) in [4.78, 5) is 32.7.